The minimum atomic E-state index is -0.627. The number of nitrogens with zero attached hydrogens (tertiary/aromatic N) is 1. The van der Waals surface area contributed by atoms with Crippen LogP contribution in [0.5, 0.6) is 5.75 Å². The van der Waals surface area contributed by atoms with E-state index in [-0.39, 0.29) is 47.0 Å². The number of rotatable bonds is 9. The molecule has 2 aliphatic rings. The van der Waals surface area contributed by atoms with Gasteiger partial charge in [0, 0.05) is 24.7 Å². The fourth-order valence-electron chi connectivity index (χ4n) is 4.46. The molecule has 0 heterocycles. The predicted molar refractivity (Wildman–Crippen MR) is 117 cm³/mol. The Kier molecular flexibility index (Phi) is 7.00. The van der Waals surface area contributed by atoms with Crippen LogP contribution in [0.15, 0.2) is 48.3 Å². The van der Waals surface area contributed by atoms with E-state index in [2.05, 4.69) is 11.8 Å². The van der Waals surface area contributed by atoms with Gasteiger partial charge in [-0.3, -0.25) is 4.79 Å². The van der Waals surface area contributed by atoms with Gasteiger partial charge in [0.2, 0.25) is 0 Å². The van der Waals surface area contributed by atoms with E-state index in [1.807, 2.05) is 44.2 Å². The second-order valence-corrected chi connectivity index (χ2v) is 7.81. The molecule has 0 fully saturated rings. The van der Waals surface area contributed by atoms with Crippen LogP contribution in [0.25, 0.3) is 5.57 Å². The molecule has 1 aromatic carbocycles. The summed E-state index contributed by atoms with van der Waals surface area (Å²) in [6, 6.07) is 5.17. The molecule has 6 nitrogen and oxygen atoms in total. The van der Waals surface area contributed by atoms with E-state index in [0.29, 0.717) is 6.54 Å². The van der Waals surface area contributed by atoms with Crippen LogP contribution < -0.4 is 14.9 Å². The van der Waals surface area contributed by atoms with Crippen LogP contribution >= 0.6 is 0 Å². The average Bonchev–Trinajstić information content (AvgIpc) is 2.75. The highest BCUT2D eigenvalue weighted by molar-refractivity contribution is 6.30. The number of ketones is 1. The van der Waals surface area contributed by atoms with Crippen LogP contribution in [0.1, 0.15) is 26.3 Å². The minimum Gasteiger partial charge on any atom is -0.872 e. The van der Waals surface area contributed by atoms with Crippen molar-refractivity contribution >= 4 is 17.0 Å². The molecule has 0 bridgehead atoms. The molecule has 2 unspecified atom stereocenters. The second kappa shape index (κ2) is 9.49. The summed E-state index contributed by atoms with van der Waals surface area (Å²) in [6.07, 6.45) is 7.98. The summed E-state index contributed by atoms with van der Waals surface area (Å²) >= 11 is 0. The molecule has 2 aliphatic carbocycles. The molecule has 30 heavy (non-hydrogen) atoms. The van der Waals surface area contributed by atoms with Crippen molar-refractivity contribution in [2.45, 2.75) is 26.8 Å². The SMILES string of the molecule is CCN(CC)c1ccc(C2=C(O)C(C3C=CC([NH+](CC)CCO)C=C3)C2=O)c([O-])c1. The molecule has 0 amide bonds. The second-order valence-electron chi connectivity index (χ2n) is 7.81. The molecule has 0 saturated heterocycles. The first kappa shape index (κ1) is 22.1. The maximum atomic E-state index is 12.9. The Morgan fingerprint density at radius 3 is 2.27 bits per heavy atom. The van der Waals surface area contributed by atoms with Crippen LogP contribution in [0.2, 0.25) is 0 Å². The zero-order chi connectivity index (χ0) is 21.8. The van der Waals surface area contributed by atoms with Crippen molar-refractivity contribution in [1.82, 2.24) is 0 Å². The van der Waals surface area contributed by atoms with Gasteiger partial charge in [-0.15, -0.1) is 0 Å². The summed E-state index contributed by atoms with van der Waals surface area (Å²) < 4.78 is 0. The van der Waals surface area contributed by atoms with Crippen LogP contribution in [-0.4, -0.2) is 54.8 Å². The van der Waals surface area contributed by atoms with Gasteiger partial charge in [0.05, 0.1) is 24.6 Å². The van der Waals surface area contributed by atoms with E-state index in [4.69, 9.17) is 0 Å². The third-order valence-electron chi connectivity index (χ3n) is 6.27. The van der Waals surface area contributed by atoms with Crippen LogP contribution in [0.3, 0.4) is 0 Å². The number of carbonyl (C=O) groups is 1. The summed E-state index contributed by atoms with van der Waals surface area (Å²) in [5.41, 5.74) is 1.25. The van der Waals surface area contributed by atoms with Crippen molar-refractivity contribution in [1.29, 1.82) is 0 Å². The summed E-state index contributed by atoms with van der Waals surface area (Å²) in [6.45, 7) is 9.38. The van der Waals surface area contributed by atoms with Gasteiger partial charge in [-0.2, -0.15) is 0 Å². The van der Waals surface area contributed by atoms with Gasteiger partial charge in [-0.25, -0.2) is 0 Å². The van der Waals surface area contributed by atoms with Gasteiger partial charge in [-0.1, -0.05) is 24.0 Å². The monoisotopic (exact) mass is 412 g/mol. The number of benzene rings is 1. The number of quaternary nitrogens is 1. The number of carbonyl (C=O) groups excluding carboxylic acids is 1. The zero-order valence-corrected chi connectivity index (χ0v) is 18.0. The highest BCUT2D eigenvalue weighted by Gasteiger charge is 2.44. The zero-order valence-electron chi connectivity index (χ0n) is 18.0. The quantitative estimate of drug-likeness (QED) is 0.529. The number of aliphatic hydroxyl groups is 2. The molecule has 3 rings (SSSR count). The Balaban J connectivity index is 1.78. The Morgan fingerprint density at radius 1 is 1.10 bits per heavy atom. The van der Waals surface area contributed by atoms with Gasteiger partial charge in [0.15, 0.2) is 5.78 Å². The van der Waals surface area contributed by atoms with Crippen LogP contribution in [0.4, 0.5) is 5.69 Å². The van der Waals surface area contributed by atoms with Crippen molar-refractivity contribution in [2.75, 3.05) is 37.7 Å². The average molecular weight is 413 g/mol. The Labute approximate surface area is 178 Å². The van der Waals surface area contributed by atoms with E-state index in [1.54, 1.807) is 6.07 Å². The lowest BCUT2D eigenvalue weighted by molar-refractivity contribution is -0.910. The molecule has 0 aliphatic heterocycles. The molecule has 3 N–H and O–H groups in total. The normalized spacial score (nSPS) is 24.1. The Bertz CT molecular complexity index is 856. The third kappa shape index (κ3) is 4.02. The predicted octanol–water partition coefficient (Wildman–Crippen LogP) is 1.08. The number of allylic oxidation sites excluding steroid dienone is 4. The maximum Gasteiger partial charge on any atom is 0.178 e. The van der Waals surface area contributed by atoms with Crippen molar-refractivity contribution < 1.29 is 25.0 Å². The van der Waals surface area contributed by atoms with Gasteiger partial charge < -0.3 is 25.1 Å². The topological polar surface area (TPSA) is 88.3 Å². The minimum absolute atomic E-state index is 0.000456. The highest BCUT2D eigenvalue weighted by atomic mass is 16.3. The number of nitrogens with one attached hydrogen (secondary N) is 1. The van der Waals surface area contributed by atoms with E-state index < -0.39 is 5.92 Å². The molecule has 6 heteroatoms. The molecule has 2 atom stereocenters. The first-order valence-electron chi connectivity index (χ1n) is 10.8. The number of Topliss-reactive ketones (excluding diaryl/α,β-unsaturated/α-hetero) is 1. The van der Waals surface area contributed by atoms with E-state index >= 15 is 0 Å². The molecule has 0 spiro atoms. The number of hydrogen-bond donors (Lipinski definition) is 3. The molecule has 1 aromatic rings. The Morgan fingerprint density at radius 2 is 1.77 bits per heavy atom. The molecular formula is C24H32N2O4. The van der Waals surface area contributed by atoms with Crippen molar-refractivity contribution in [3.05, 3.63) is 53.8 Å². The van der Waals surface area contributed by atoms with E-state index in [0.717, 1.165) is 25.3 Å². The first-order valence-corrected chi connectivity index (χ1v) is 10.8. The third-order valence-corrected chi connectivity index (χ3v) is 6.27. The van der Waals surface area contributed by atoms with Crippen LogP contribution in [-0.2, 0) is 4.79 Å². The van der Waals surface area contributed by atoms with Gasteiger partial charge >= 0.3 is 0 Å². The number of likely N-dealkylation sites (N-methyl/N-ethyl adjacent to an activating group) is 1. The summed E-state index contributed by atoms with van der Waals surface area (Å²) in [5.74, 6) is -1.27. The smallest absolute Gasteiger partial charge is 0.178 e. The van der Waals surface area contributed by atoms with Crippen molar-refractivity contribution in [2.24, 2.45) is 11.8 Å². The highest BCUT2D eigenvalue weighted by Crippen LogP contribution is 2.44. The number of anilines is 1. The molecule has 0 radical (unpaired) electrons. The van der Waals surface area contributed by atoms with Crippen LogP contribution in [0, 0.1) is 11.8 Å². The van der Waals surface area contributed by atoms with Gasteiger partial charge in [-0.05, 0) is 50.6 Å². The van der Waals surface area contributed by atoms with E-state index in [9.17, 15) is 20.1 Å². The summed E-state index contributed by atoms with van der Waals surface area (Å²) in [4.78, 5) is 16.2. The molecule has 0 aromatic heterocycles. The largest absolute Gasteiger partial charge is 0.872 e. The number of aliphatic hydroxyl groups excluding tert-OH is 2. The lowest BCUT2D eigenvalue weighted by Crippen LogP contribution is -3.15. The maximum absolute atomic E-state index is 12.9. The summed E-state index contributed by atoms with van der Waals surface area (Å²) in [5, 5.41) is 32.5. The first-order chi connectivity index (χ1) is 14.5. The van der Waals surface area contributed by atoms with Crippen molar-refractivity contribution in [3.8, 4) is 5.75 Å². The summed E-state index contributed by atoms with van der Waals surface area (Å²) in [7, 11) is 0. The lowest BCUT2D eigenvalue weighted by Gasteiger charge is -2.35. The Hall–Kier alpha value is -2.57. The molecular weight excluding hydrogens is 380 g/mol. The van der Waals surface area contributed by atoms with E-state index in [1.165, 1.54) is 11.0 Å². The standard InChI is InChI=1S/C24H32N2O4/c1-4-25(5-2)18-11-12-19(20(28)15-18)22-23(29)21(24(22)30)16-7-9-17(10-8-16)26(6-3)13-14-27/h7-12,15-17,21,27-29H,4-6,13-14H2,1-3H3. The lowest BCUT2D eigenvalue weighted by atomic mass is 9.70. The van der Waals surface area contributed by atoms with Gasteiger partial charge in [0.1, 0.15) is 18.3 Å². The fraction of sp³-hybridized carbons (Fsp3) is 0.458. The number of hydrogen-bond acceptors (Lipinski definition) is 5. The van der Waals surface area contributed by atoms with Crippen molar-refractivity contribution in [3.63, 3.8) is 0 Å². The van der Waals surface area contributed by atoms with Gasteiger partial charge in [0.25, 0.3) is 0 Å². The molecule has 162 valence electrons. The fourth-order valence-corrected chi connectivity index (χ4v) is 4.46. The molecule has 0 saturated carbocycles.